The molecule has 3 rings (SSSR count). The van der Waals surface area contributed by atoms with Crippen molar-refractivity contribution in [1.82, 2.24) is 0 Å². The van der Waals surface area contributed by atoms with Gasteiger partial charge in [-0.3, -0.25) is 4.79 Å². The molecule has 0 radical (unpaired) electrons. The summed E-state index contributed by atoms with van der Waals surface area (Å²) >= 11 is 0. The van der Waals surface area contributed by atoms with Crippen LogP contribution in [0.1, 0.15) is 66.8 Å². The SMILES string of the molecule is CC(C)=CCC/C(C)=C/Cc1c(O)cc2c(c1O)C(=O)[C@H](O)C(c1ccc(C)c(O)c1)O2. The van der Waals surface area contributed by atoms with E-state index in [4.69, 9.17) is 4.74 Å². The van der Waals surface area contributed by atoms with Crippen LogP contribution in [-0.2, 0) is 6.42 Å². The second-order valence-corrected chi connectivity index (χ2v) is 8.56. The van der Waals surface area contributed by atoms with Crippen LogP contribution in [-0.4, -0.2) is 32.3 Å². The van der Waals surface area contributed by atoms with Gasteiger partial charge >= 0.3 is 0 Å². The predicted molar refractivity (Wildman–Crippen MR) is 122 cm³/mol. The van der Waals surface area contributed by atoms with Gasteiger partial charge < -0.3 is 25.2 Å². The molecular formula is C26H30O6. The molecule has 0 aliphatic carbocycles. The van der Waals surface area contributed by atoms with E-state index in [9.17, 15) is 25.2 Å². The number of phenolic OH excluding ortho intramolecular Hbond substituents is 3. The highest BCUT2D eigenvalue weighted by Gasteiger charge is 2.40. The number of benzene rings is 2. The zero-order chi connectivity index (χ0) is 23.6. The number of aliphatic hydroxyl groups excluding tert-OH is 1. The average Bonchev–Trinajstić information content (AvgIpc) is 2.72. The van der Waals surface area contributed by atoms with Crippen molar-refractivity contribution in [1.29, 1.82) is 0 Å². The molecule has 1 aliphatic heterocycles. The molecule has 1 aliphatic rings. The summed E-state index contributed by atoms with van der Waals surface area (Å²) in [4.78, 5) is 12.9. The summed E-state index contributed by atoms with van der Waals surface area (Å²) in [5.74, 6) is -1.26. The number of allylic oxidation sites excluding steroid dienone is 4. The molecule has 32 heavy (non-hydrogen) atoms. The zero-order valence-electron chi connectivity index (χ0n) is 18.8. The minimum atomic E-state index is -1.56. The summed E-state index contributed by atoms with van der Waals surface area (Å²) in [6.07, 6.45) is 3.42. The predicted octanol–water partition coefficient (Wildman–Crippen LogP) is 5.02. The smallest absolute Gasteiger partial charge is 0.202 e. The van der Waals surface area contributed by atoms with Gasteiger partial charge in [-0.1, -0.05) is 35.4 Å². The van der Waals surface area contributed by atoms with Crippen LogP contribution in [0.3, 0.4) is 0 Å². The minimum absolute atomic E-state index is 0.00613. The third kappa shape index (κ3) is 4.81. The van der Waals surface area contributed by atoms with E-state index in [2.05, 4.69) is 6.08 Å². The fraction of sp³-hybridized carbons (Fsp3) is 0.346. The van der Waals surface area contributed by atoms with Gasteiger partial charge in [-0.05, 0) is 64.2 Å². The van der Waals surface area contributed by atoms with E-state index in [1.165, 1.54) is 17.7 Å². The normalized spacial score (nSPS) is 18.2. The molecule has 6 heteroatoms. The Kier molecular flexibility index (Phi) is 6.94. The van der Waals surface area contributed by atoms with Crippen molar-refractivity contribution in [2.75, 3.05) is 0 Å². The van der Waals surface area contributed by atoms with E-state index in [1.54, 1.807) is 19.1 Å². The largest absolute Gasteiger partial charge is 0.508 e. The summed E-state index contributed by atoms with van der Waals surface area (Å²) in [6.45, 7) is 7.79. The molecular weight excluding hydrogens is 408 g/mol. The Bertz CT molecular complexity index is 1090. The van der Waals surface area contributed by atoms with Crippen LogP contribution in [0.15, 0.2) is 47.6 Å². The lowest BCUT2D eigenvalue weighted by atomic mass is 9.90. The Morgan fingerprint density at radius 1 is 1.06 bits per heavy atom. The first-order valence-electron chi connectivity index (χ1n) is 10.6. The summed E-state index contributed by atoms with van der Waals surface area (Å²) in [5.41, 5.74) is 3.47. The van der Waals surface area contributed by atoms with Crippen LogP contribution in [0.4, 0.5) is 0 Å². The molecule has 0 bridgehead atoms. The van der Waals surface area contributed by atoms with Gasteiger partial charge in [-0.15, -0.1) is 0 Å². The van der Waals surface area contributed by atoms with Gasteiger partial charge in [0, 0.05) is 11.6 Å². The number of Topliss-reactive ketones (excluding diaryl/α,β-unsaturated/α-hetero) is 1. The Morgan fingerprint density at radius 2 is 1.78 bits per heavy atom. The molecule has 2 aromatic carbocycles. The van der Waals surface area contributed by atoms with Crippen LogP contribution in [0, 0.1) is 6.92 Å². The van der Waals surface area contributed by atoms with E-state index >= 15 is 0 Å². The lowest BCUT2D eigenvalue weighted by Crippen LogP contribution is -2.36. The number of fused-ring (bicyclic) bond motifs is 1. The fourth-order valence-corrected chi connectivity index (χ4v) is 3.71. The van der Waals surface area contributed by atoms with E-state index in [-0.39, 0.29) is 40.5 Å². The van der Waals surface area contributed by atoms with Crippen molar-refractivity contribution in [3.8, 4) is 23.0 Å². The molecule has 0 amide bonds. The molecule has 0 fully saturated rings. The van der Waals surface area contributed by atoms with Crippen LogP contribution < -0.4 is 4.74 Å². The van der Waals surface area contributed by atoms with Gasteiger partial charge in [0.15, 0.2) is 12.2 Å². The number of aliphatic hydroxyl groups is 1. The first-order valence-corrected chi connectivity index (χ1v) is 10.6. The number of hydrogen-bond acceptors (Lipinski definition) is 6. The number of aromatic hydroxyl groups is 3. The van der Waals surface area contributed by atoms with Crippen molar-refractivity contribution >= 4 is 5.78 Å². The highest BCUT2D eigenvalue weighted by atomic mass is 16.5. The standard InChI is InChI=1S/C26H30O6/c1-14(2)6-5-7-15(3)8-11-18-20(28)13-21-22(23(18)29)24(30)25(31)26(32-21)17-10-9-16(4)19(27)12-17/h6,8-10,12-13,25-29,31H,5,7,11H2,1-4H3/b15-8+/t25-,26?/m0/s1. The van der Waals surface area contributed by atoms with E-state index in [0.717, 1.165) is 18.4 Å². The van der Waals surface area contributed by atoms with E-state index in [1.807, 2.05) is 26.8 Å². The topological polar surface area (TPSA) is 107 Å². The minimum Gasteiger partial charge on any atom is -0.508 e. The van der Waals surface area contributed by atoms with Gasteiger partial charge in [0.2, 0.25) is 5.78 Å². The first kappa shape index (κ1) is 23.4. The molecule has 170 valence electrons. The maximum Gasteiger partial charge on any atom is 0.202 e. The van der Waals surface area contributed by atoms with Gasteiger partial charge in [0.25, 0.3) is 0 Å². The molecule has 1 heterocycles. The first-order chi connectivity index (χ1) is 15.1. The lowest BCUT2D eigenvalue weighted by molar-refractivity contribution is 0.0209. The zero-order valence-corrected chi connectivity index (χ0v) is 18.8. The monoisotopic (exact) mass is 438 g/mol. The van der Waals surface area contributed by atoms with Crippen molar-refractivity contribution in [2.24, 2.45) is 0 Å². The van der Waals surface area contributed by atoms with Crippen LogP contribution in [0.5, 0.6) is 23.0 Å². The van der Waals surface area contributed by atoms with Gasteiger partial charge in [0.05, 0.1) is 0 Å². The van der Waals surface area contributed by atoms with Gasteiger partial charge in [-0.25, -0.2) is 0 Å². The third-order valence-electron chi connectivity index (χ3n) is 5.71. The number of aryl methyl sites for hydroxylation is 1. The number of carbonyl (C=O) groups is 1. The van der Waals surface area contributed by atoms with Gasteiger partial charge in [0.1, 0.15) is 28.6 Å². The molecule has 2 aromatic rings. The van der Waals surface area contributed by atoms with Crippen molar-refractivity contribution in [3.05, 3.63) is 69.8 Å². The number of ketones is 1. The number of ether oxygens (including phenoxy) is 1. The Balaban J connectivity index is 1.89. The Hall–Kier alpha value is -3.25. The molecule has 2 atom stereocenters. The molecule has 0 saturated heterocycles. The number of phenols is 3. The summed E-state index contributed by atoms with van der Waals surface area (Å²) in [6, 6.07) is 6.03. The fourth-order valence-electron chi connectivity index (χ4n) is 3.71. The molecule has 1 unspecified atom stereocenters. The summed E-state index contributed by atoms with van der Waals surface area (Å²) in [7, 11) is 0. The lowest BCUT2D eigenvalue weighted by Gasteiger charge is -2.31. The van der Waals surface area contributed by atoms with Crippen molar-refractivity contribution < 1.29 is 30.0 Å². The average molecular weight is 439 g/mol. The highest BCUT2D eigenvalue weighted by Crippen LogP contribution is 2.45. The number of hydrogen-bond donors (Lipinski definition) is 4. The second kappa shape index (κ2) is 9.49. The quantitative estimate of drug-likeness (QED) is 0.472. The third-order valence-corrected chi connectivity index (χ3v) is 5.71. The maximum atomic E-state index is 12.9. The van der Waals surface area contributed by atoms with Gasteiger partial charge in [-0.2, -0.15) is 0 Å². The molecule has 0 aromatic heterocycles. The Labute approximate surface area is 188 Å². The molecule has 0 saturated carbocycles. The number of rotatable bonds is 6. The highest BCUT2D eigenvalue weighted by molar-refractivity contribution is 6.06. The molecule has 0 spiro atoms. The van der Waals surface area contributed by atoms with Crippen molar-refractivity contribution in [2.45, 2.75) is 59.2 Å². The second-order valence-electron chi connectivity index (χ2n) is 8.56. The van der Waals surface area contributed by atoms with Crippen LogP contribution in [0.25, 0.3) is 0 Å². The maximum absolute atomic E-state index is 12.9. The van der Waals surface area contributed by atoms with E-state index < -0.39 is 18.0 Å². The van der Waals surface area contributed by atoms with Crippen LogP contribution in [0.2, 0.25) is 0 Å². The van der Waals surface area contributed by atoms with Crippen LogP contribution >= 0.6 is 0 Å². The molecule has 4 N–H and O–H groups in total. The number of carbonyl (C=O) groups excluding carboxylic acids is 1. The summed E-state index contributed by atoms with van der Waals surface area (Å²) < 4.78 is 5.79. The summed E-state index contributed by atoms with van der Waals surface area (Å²) in [5, 5.41) is 41.8. The van der Waals surface area contributed by atoms with E-state index in [0.29, 0.717) is 11.1 Å². The van der Waals surface area contributed by atoms with Crippen molar-refractivity contribution in [3.63, 3.8) is 0 Å². The molecule has 6 nitrogen and oxygen atoms in total. The Morgan fingerprint density at radius 3 is 2.44 bits per heavy atom.